The maximum Gasteiger partial charge on any atom is 0.274 e. The number of amides is 2. The van der Waals surface area contributed by atoms with Gasteiger partial charge < -0.3 is 15.2 Å². The monoisotopic (exact) mass is 264 g/mol. The van der Waals surface area contributed by atoms with Gasteiger partial charge in [-0.25, -0.2) is 15.8 Å². The third kappa shape index (κ3) is 2.97. The summed E-state index contributed by atoms with van der Waals surface area (Å²) in [6.45, 7) is 1.27. The lowest BCUT2D eigenvalue weighted by atomic mass is 10.3. The number of carbonyl (C=O) groups is 2. The van der Waals surface area contributed by atoms with Crippen molar-refractivity contribution < 1.29 is 9.59 Å². The molecule has 0 saturated carbocycles. The smallest absolute Gasteiger partial charge is 0.274 e. The zero-order valence-corrected chi connectivity index (χ0v) is 10.7. The molecule has 8 nitrogen and oxygen atoms in total. The number of nitrogens with one attached hydrogen (secondary N) is 1. The molecular formula is C11H16N6O2. The summed E-state index contributed by atoms with van der Waals surface area (Å²) in [5, 5.41) is 0. The van der Waals surface area contributed by atoms with Crippen LogP contribution in [0.4, 0.5) is 5.82 Å². The first-order valence-electron chi connectivity index (χ1n) is 5.93. The van der Waals surface area contributed by atoms with Gasteiger partial charge >= 0.3 is 0 Å². The molecule has 0 bridgehead atoms. The summed E-state index contributed by atoms with van der Waals surface area (Å²) in [6.07, 6.45) is 3.47. The molecule has 0 unspecified atom stereocenters. The van der Waals surface area contributed by atoms with E-state index in [0.29, 0.717) is 18.9 Å². The molecule has 19 heavy (non-hydrogen) atoms. The number of likely N-dealkylation sites (N-methyl/N-ethyl adjacent to an activating group) is 1. The highest BCUT2D eigenvalue weighted by molar-refractivity contribution is 5.94. The molecule has 8 heteroatoms. The van der Waals surface area contributed by atoms with Crippen LogP contribution in [0.25, 0.3) is 0 Å². The maximum atomic E-state index is 12.2. The Kier molecular flexibility index (Phi) is 3.91. The van der Waals surface area contributed by atoms with Gasteiger partial charge in [0.2, 0.25) is 5.91 Å². The van der Waals surface area contributed by atoms with Gasteiger partial charge in [0.1, 0.15) is 12.2 Å². The van der Waals surface area contributed by atoms with Crippen LogP contribution in [0.5, 0.6) is 0 Å². The van der Waals surface area contributed by atoms with E-state index in [-0.39, 0.29) is 24.1 Å². The molecule has 2 heterocycles. The quantitative estimate of drug-likeness (QED) is 0.528. The second kappa shape index (κ2) is 5.61. The van der Waals surface area contributed by atoms with E-state index in [2.05, 4.69) is 15.4 Å². The van der Waals surface area contributed by atoms with Gasteiger partial charge in [0.05, 0.1) is 12.4 Å². The van der Waals surface area contributed by atoms with Crippen LogP contribution in [0.2, 0.25) is 0 Å². The maximum absolute atomic E-state index is 12.2. The number of nitrogens with two attached hydrogens (primary N) is 1. The Labute approximate surface area is 110 Å². The number of nitrogens with zero attached hydrogens (tertiary/aromatic N) is 4. The van der Waals surface area contributed by atoms with E-state index in [1.165, 1.54) is 17.3 Å². The molecule has 1 aromatic rings. The molecule has 1 aliphatic heterocycles. The molecule has 2 rings (SSSR count). The van der Waals surface area contributed by atoms with Crippen LogP contribution in [0.1, 0.15) is 16.9 Å². The van der Waals surface area contributed by atoms with Gasteiger partial charge in [0.25, 0.3) is 5.91 Å². The fraction of sp³-hybridized carbons (Fsp3) is 0.455. The molecule has 102 valence electrons. The van der Waals surface area contributed by atoms with E-state index >= 15 is 0 Å². The highest BCUT2D eigenvalue weighted by Crippen LogP contribution is 2.08. The van der Waals surface area contributed by atoms with E-state index in [9.17, 15) is 9.59 Å². The van der Waals surface area contributed by atoms with Crippen molar-refractivity contribution in [1.29, 1.82) is 0 Å². The molecule has 1 fully saturated rings. The van der Waals surface area contributed by atoms with E-state index in [0.717, 1.165) is 6.42 Å². The summed E-state index contributed by atoms with van der Waals surface area (Å²) >= 11 is 0. The van der Waals surface area contributed by atoms with Gasteiger partial charge in [-0.2, -0.15) is 0 Å². The minimum absolute atomic E-state index is 0.0703. The number of hydrazine groups is 1. The van der Waals surface area contributed by atoms with Crippen LogP contribution in [0.3, 0.4) is 0 Å². The molecule has 1 aliphatic rings. The first-order valence-corrected chi connectivity index (χ1v) is 5.93. The average molecular weight is 264 g/mol. The van der Waals surface area contributed by atoms with Gasteiger partial charge in [0.15, 0.2) is 5.82 Å². The van der Waals surface area contributed by atoms with Crippen LogP contribution < -0.4 is 11.3 Å². The van der Waals surface area contributed by atoms with E-state index in [1.54, 1.807) is 11.9 Å². The third-order valence-electron chi connectivity index (χ3n) is 2.98. The molecule has 2 amide bonds. The van der Waals surface area contributed by atoms with Crippen molar-refractivity contribution in [2.45, 2.75) is 6.42 Å². The summed E-state index contributed by atoms with van der Waals surface area (Å²) in [7, 11) is 1.73. The van der Waals surface area contributed by atoms with Crippen LogP contribution in [0.15, 0.2) is 12.4 Å². The van der Waals surface area contributed by atoms with Gasteiger partial charge in [-0.15, -0.1) is 0 Å². The van der Waals surface area contributed by atoms with Crippen molar-refractivity contribution in [1.82, 2.24) is 19.8 Å². The van der Waals surface area contributed by atoms with Crippen LogP contribution in [-0.2, 0) is 4.79 Å². The summed E-state index contributed by atoms with van der Waals surface area (Å²) in [5.74, 6) is 5.19. The number of nitrogen functional groups attached to an aromatic ring is 1. The molecule has 3 N–H and O–H groups in total. The zero-order valence-electron chi connectivity index (χ0n) is 10.7. The number of anilines is 1. The first kappa shape index (κ1) is 13.2. The lowest BCUT2D eigenvalue weighted by Crippen LogP contribution is -2.38. The van der Waals surface area contributed by atoms with Crippen LogP contribution in [-0.4, -0.2) is 58.3 Å². The SMILES string of the molecule is CN1CCCN(C(=O)c2cnc(NN)cn2)CC1=O. The summed E-state index contributed by atoms with van der Waals surface area (Å²) in [5.41, 5.74) is 2.54. The number of hydrogen-bond acceptors (Lipinski definition) is 6. The first-order chi connectivity index (χ1) is 9.11. The Balaban J connectivity index is 2.11. The number of hydrogen-bond donors (Lipinski definition) is 2. The van der Waals surface area contributed by atoms with Gasteiger partial charge in [-0.05, 0) is 6.42 Å². The fourth-order valence-corrected chi connectivity index (χ4v) is 1.83. The standard InChI is InChI=1S/C11H16N6O2/c1-16-3-2-4-17(7-10(16)18)11(19)8-5-14-9(15-12)6-13-8/h5-6H,2-4,7,12H2,1H3,(H,14,15). The number of carbonyl (C=O) groups excluding carboxylic acids is 2. The van der Waals surface area contributed by atoms with Crippen LogP contribution in [0, 0.1) is 0 Å². The van der Waals surface area contributed by atoms with Gasteiger partial charge in [-0.1, -0.05) is 0 Å². The Morgan fingerprint density at radius 3 is 2.79 bits per heavy atom. The van der Waals surface area contributed by atoms with E-state index in [4.69, 9.17) is 5.84 Å². The molecular weight excluding hydrogens is 248 g/mol. The third-order valence-corrected chi connectivity index (χ3v) is 2.98. The minimum Gasteiger partial charge on any atom is -0.344 e. The minimum atomic E-state index is -0.292. The predicted molar refractivity (Wildman–Crippen MR) is 68.0 cm³/mol. The van der Waals surface area contributed by atoms with Crippen LogP contribution >= 0.6 is 0 Å². The van der Waals surface area contributed by atoms with E-state index < -0.39 is 0 Å². The fourth-order valence-electron chi connectivity index (χ4n) is 1.83. The number of aromatic nitrogens is 2. The number of rotatable bonds is 2. The zero-order chi connectivity index (χ0) is 13.8. The van der Waals surface area contributed by atoms with Crippen molar-refractivity contribution in [3.63, 3.8) is 0 Å². The Morgan fingerprint density at radius 2 is 2.16 bits per heavy atom. The molecule has 0 radical (unpaired) electrons. The Hall–Kier alpha value is -2.22. The van der Waals surface area contributed by atoms with E-state index in [1.807, 2.05) is 0 Å². The summed E-state index contributed by atoms with van der Waals surface area (Å²) < 4.78 is 0. The van der Waals surface area contributed by atoms with Crippen molar-refractivity contribution in [3.05, 3.63) is 18.1 Å². The molecule has 1 saturated heterocycles. The molecule has 0 aromatic carbocycles. The second-order valence-corrected chi connectivity index (χ2v) is 4.33. The largest absolute Gasteiger partial charge is 0.344 e. The van der Waals surface area contributed by atoms with Gasteiger partial charge in [0, 0.05) is 20.1 Å². The lowest BCUT2D eigenvalue weighted by Gasteiger charge is -2.19. The Morgan fingerprint density at radius 1 is 1.37 bits per heavy atom. The van der Waals surface area contributed by atoms with Crippen molar-refractivity contribution >= 4 is 17.6 Å². The second-order valence-electron chi connectivity index (χ2n) is 4.33. The molecule has 0 spiro atoms. The normalized spacial score (nSPS) is 16.2. The topological polar surface area (TPSA) is 104 Å². The molecule has 0 atom stereocenters. The Bertz CT molecular complexity index is 475. The van der Waals surface area contributed by atoms with Crippen molar-refractivity contribution in [3.8, 4) is 0 Å². The highest BCUT2D eigenvalue weighted by Gasteiger charge is 2.24. The molecule has 1 aromatic heterocycles. The summed E-state index contributed by atoms with van der Waals surface area (Å²) in [6, 6.07) is 0. The highest BCUT2D eigenvalue weighted by atomic mass is 16.2. The average Bonchev–Trinajstić information content (AvgIpc) is 2.60. The molecule has 0 aliphatic carbocycles. The van der Waals surface area contributed by atoms with Crippen molar-refractivity contribution in [2.24, 2.45) is 5.84 Å². The lowest BCUT2D eigenvalue weighted by molar-refractivity contribution is -0.129. The van der Waals surface area contributed by atoms with Gasteiger partial charge in [-0.3, -0.25) is 9.59 Å². The predicted octanol–water partition coefficient (Wildman–Crippen LogP) is -0.933. The van der Waals surface area contributed by atoms with Crippen molar-refractivity contribution in [2.75, 3.05) is 32.1 Å². The summed E-state index contributed by atoms with van der Waals surface area (Å²) in [4.78, 5) is 35.0.